The van der Waals surface area contributed by atoms with Crippen LogP contribution in [-0.2, 0) is 14.8 Å². The highest BCUT2D eigenvalue weighted by Gasteiger charge is 2.14. The van der Waals surface area contributed by atoms with Gasteiger partial charge in [0, 0.05) is 13.0 Å². The van der Waals surface area contributed by atoms with Crippen molar-refractivity contribution < 1.29 is 13.2 Å². The van der Waals surface area contributed by atoms with E-state index in [0.717, 1.165) is 10.8 Å². The Morgan fingerprint density at radius 3 is 2.59 bits per heavy atom. The third kappa shape index (κ3) is 4.07. The highest BCUT2D eigenvalue weighted by molar-refractivity contribution is 7.89. The van der Waals surface area contributed by atoms with Gasteiger partial charge >= 0.3 is 0 Å². The Labute approximate surface area is 129 Å². The van der Waals surface area contributed by atoms with Crippen molar-refractivity contribution in [1.29, 1.82) is 0 Å². The average molecular weight is 316 g/mol. The molecule has 5 nitrogen and oxygen atoms in total. The Bertz CT molecular complexity index is 823. The first-order valence-electron chi connectivity index (χ1n) is 6.71. The van der Waals surface area contributed by atoms with E-state index in [1.54, 1.807) is 18.2 Å². The van der Waals surface area contributed by atoms with Crippen LogP contribution >= 0.6 is 0 Å². The summed E-state index contributed by atoms with van der Waals surface area (Å²) in [6.07, 6.45) is 5.06. The second kappa shape index (κ2) is 7.07. The van der Waals surface area contributed by atoms with Crippen molar-refractivity contribution in [3.05, 3.63) is 42.5 Å². The third-order valence-corrected chi connectivity index (χ3v) is 4.52. The lowest BCUT2D eigenvalue weighted by atomic mass is 10.1. The SMILES string of the molecule is C#CCNC(=O)CCNS(=O)(=O)c1ccc2ccccc2c1. The molecule has 0 aliphatic rings. The van der Waals surface area contributed by atoms with Crippen LogP contribution in [0.5, 0.6) is 0 Å². The predicted octanol–water partition coefficient (Wildman–Crippen LogP) is 1.26. The second-order valence-corrected chi connectivity index (χ2v) is 6.40. The maximum Gasteiger partial charge on any atom is 0.240 e. The van der Waals surface area contributed by atoms with Crippen LogP contribution < -0.4 is 10.0 Å². The quantitative estimate of drug-likeness (QED) is 0.788. The molecule has 2 aromatic carbocycles. The molecule has 0 aliphatic heterocycles. The standard InChI is InChI=1S/C16H16N2O3S/c1-2-10-17-16(19)9-11-18-22(20,21)15-8-7-13-5-3-4-6-14(13)12-15/h1,3-8,12,18H,9-11H2,(H,17,19). The van der Waals surface area contributed by atoms with E-state index in [1.165, 1.54) is 0 Å². The van der Waals surface area contributed by atoms with Gasteiger partial charge in [-0.15, -0.1) is 6.42 Å². The number of carbonyl (C=O) groups is 1. The highest BCUT2D eigenvalue weighted by atomic mass is 32.2. The lowest BCUT2D eigenvalue weighted by Gasteiger charge is -2.08. The Kier molecular flexibility index (Phi) is 5.15. The van der Waals surface area contributed by atoms with Gasteiger partial charge in [-0.1, -0.05) is 36.3 Å². The molecule has 0 aliphatic carbocycles. The molecular weight excluding hydrogens is 300 g/mol. The number of nitrogens with one attached hydrogen (secondary N) is 2. The monoisotopic (exact) mass is 316 g/mol. The van der Waals surface area contributed by atoms with E-state index in [1.807, 2.05) is 24.3 Å². The molecule has 0 saturated heterocycles. The van der Waals surface area contributed by atoms with Crippen LogP contribution in [0.15, 0.2) is 47.4 Å². The fourth-order valence-electron chi connectivity index (χ4n) is 1.95. The van der Waals surface area contributed by atoms with Gasteiger partial charge in [-0.2, -0.15) is 0 Å². The fourth-order valence-corrected chi connectivity index (χ4v) is 3.02. The Balaban J connectivity index is 2.03. The molecule has 22 heavy (non-hydrogen) atoms. The van der Waals surface area contributed by atoms with Crippen molar-refractivity contribution in [2.24, 2.45) is 0 Å². The molecule has 0 fully saturated rings. The molecule has 0 heterocycles. The molecule has 6 heteroatoms. The molecule has 0 radical (unpaired) electrons. The van der Waals surface area contributed by atoms with Crippen molar-refractivity contribution in [2.45, 2.75) is 11.3 Å². The minimum absolute atomic E-state index is 0.0194. The number of sulfonamides is 1. The first-order chi connectivity index (χ1) is 10.5. The summed E-state index contributed by atoms with van der Waals surface area (Å²) >= 11 is 0. The zero-order chi connectivity index (χ0) is 16.0. The van der Waals surface area contributed by atoms with Gasteiger partial charge in [0.1, 0.15) is 0 Å². The molecule has 0 saturated carbocycles. The molecule has 2 N–H and O–H groups in total. The van der Waals surface area contributed by atoms with Crippen molar-refractivity contribution >= 4 is 26.7 Å². The van der Waals surface area contributed by atoms with Crippen molar-refractivity contribution in [3.8, 4) is 12.3 Å². The summed E-state index contributed by atoms with van der Waals surface area (Å²) in [7, 11) is -3.64. The number of terminal acetylenes is 1. The normalized spacial score (nSPS) is 11.0. The van der Waals surface area contributed by atoms with Gasteiger partial charge in [-0.3, -0.25) is 4.79 Å². The number of benzene rings is 2. The number of hydrogen-bond acceptors (Lipinski definition) is 3. The summed E-state index contributed by atoms with van der Waals surface area (Å²) in [5.41, 5.74) is 0. The summed E-state index contributed by atoms with van der Waals surface area (Å²) in [6.45, 7) is 0.155. The average Bonchev–Trinajstić information content (AvgIpc) is 2.52. The topological polar surface area (TPSA) is 75.3 Å². The molecule has 0 aromatic heterocycles. The molecule has 0 unspecified atom stereocenters. The summed E-state index contributed by atoms with van der Waals surface area (Å²) in [6, 6.07) is 12.4. The minimum atomic E-state index is -3.64. The molecular formula is C16H16N2O3S. The number of hydrogen-bond donors (Lipinski definition) is 2. The number of fused-ring (bicyclic) bond motifs is 1. The van der Waals surface area contributed by atoms with Gasteiger partial charge in [0.15, 0.2) is 0 Å². The van der Waals surface area contributed by atoms with Crippen LogP contribution in [0.1, 0.15) is 6.42 Å². The van der Waals surface area contributed by atoms with Crippen LogP contribution in [0.3, 0.4) is 0 Å². The molecule has 0 atom stereocenters. The van der Waals surface area contributed by atoms with Gasteiger partial charge in [-0.25, -0.2) is 13.1 Å². The molecule has 114 valence electrons. The lowest BCUT2D eigenvalue weighted by molar-refractivity contribution is -0.120. The third-order valence-electron chi connectivity index (χ3n) is 3.06. The van der Waals surface area contributed by atoms with Crippen molar-refractivity contribution in [3.63, 3.8) is 0 Å². The molecule has 2 aromatic rings. The lowest BCUT2D eigenvalue weighted by Crippen LogP contribution is -2.30. The van der Waals surface area contributed by atoms with E-state index in [0.29, 0.717) is 0 Å². The zero-order valence-corrected chi connectivity index (χ0v) is 12.7. The van der Waals surface area contributed by atoms with Crippen LogP contribution in [0.2, 0.25) is 0 Å². The van der Waals surface area contributed by atoms with E-state index < -0.39 is 10.0 Å². The number of carbonyl (C=O) groups excluding carboxylic acids is 1. The van der Waals surface area contributed by atoms with Crippen molar-refractivity contribution in [2.75, 3.05) is 13.1 Å². The first-order valence-corrected chi connectivity index (χ1v) is 8.20. The molecule has 0 bridgehead atoms. The van der Waals surface area contributed by atoms with E-state index in [-0.39, 0.29) is 30.3 Å². The fraction of sp³-hybridized carbons (Fsp3) is 0.188. The smallest absolute Gasteiger partial charge is 0.240 e. The Morgan fingerprint density at radius 1 is 1.14 bits per heavy atom. The van der Waals surface area contributed by atoms with Gasteiger partial charge in [-0.05, 0) is 22.9 Å². The Hall–Kier alpha value is -2.36. The van der Waals surface area contributed by atoms with Gasteiger partial charge in [0.2, 0.25) is 15.9 Å². The van der Waals surface area contributed by atoms with E-state index in [2.05, 4.69) is 16.0 Å². The van der Waals surface area contributed by atoms with Crippen LogP contribution in [-0.4, -0.2) is 27.4 Å². The number of rotatable bonds is 6. The van der Waals surface area contributed by atoms with E-state index in [4.69, 9.17) is 6.42 Å². The van der Waals surface area contributed by atoms with E-state index in [9.17, 15) is 13.2 Å². The molecule has 2 rings (SSSR count). The highest BCUT2D eigenvalue weighted by Crippen LogP contribution is 2.18. The largest absolute Gasteiger partial charge is 0.345 e. The minimum Gasteiger partial charge on any atom is -0.345 e. The molecule has 1 amide bonds. The summed E-state index contributed by atoms with van der Waals surface area (Å²) in [5.74, 6) is 1.99. The summed E-state index contributed by atoms with van der Waals surface area (Å²) in [5, 5.41) is 4.28. The zero-order valence-electron chi connectivity index (χ0n) is 11.9. The maximum absolute atomic E-state index is 12.2. The van der Waals surface area contributed by atoms with Crippen LogP contribution in [0.4, 0.5) is 0 Å². The van der Waals surface area contributed by atoms with Gasteiger partial charge in [0.05, 0.1) is 11.4 Å². The van der Waals surface area contributed by atoms with Gasteiger partial charge < -0.3 is 5.32 Å². The predicted molar refractivity (Wildman–Crippen MR) is 85.6 cm³/mol. The van der Waals surface area contributed by atoms with Crippen LogP contribution in [0, 0.1) is 12.3 Å². The maximum atomic E-state index is 12.2. The number of amides is 1. The van der Waals surface area contributed by atoms with E-state index >= 15 is 0 Å². The van der Waals surface area contributed by atoms with Gasteiger partial charge in [0.25, 0.3) is 0 Å². The summed E-state index contributed by atoms with van der Waals surface area (Å²) < 4.78 is 26.8. The summed E-state index contributed by atoms with van der Waals surface area (Å²) in [4.78, 5) is 11.5. The van der Waals surface area contributed by atoms with Crippen LogP contribution in [0.25, 0.3) is 10.8 Å². The van der Waals surface area contributed by atoms with Crippen molar-refractivity contribution in [1.82, 2.24) is 10.0 Å². The first kappa shape index (κ1) is 16.0. The Morgan fingerprint density at radius 2 is 1.86 bits per heavy atom. The second-order valence-electron chi connectivity index (χ2n) is 4.64. The molecule has 0 spiro atoms.